The van der Waals surface area contributed by atoms with E-state index in [0.717, 1.165) is 69.3 Å². The predicted octanol–water partition coefficient (Wildman–Crippen LogP) is 2.24. The van der Waals surface area contributed by atoms with Crippen LogP contribution < -0.4 is 5.32 Å². The second-order valence-electron chi connectivity index (χ2n) is 7.45. The summed E-state index contributed by atoms with van der Waals surface area (Å²) in [5.74, 6) is 0.769. The summed E-state index contributed by atoms with van der Waals surface area (Å²) >= 11 is 0. The highest BCUT2D eigenvalue weighted by Crippen LogP contribution is 2.47. The Labute approximate surface area is 159 Å². The van der Waals surface area contributed by atoms with Crippen molar-refractivity contribution in [2.75, 3.05) is 39.8 Å². The molecule has 0 atom stereocenters. The summed E-state index contributed by atoms with van der Waals surface area (Å²) in [5.41, 5.74) is 2.10. The molecular formula is C20H26FN5O. The Balaban J connectivity index is 1.30. The number of hydrogen-bond donors (Lipinski definition) is 1. The standard InChI is InChI=1S/C20H26FN5O/c1-22-19(23-15-20(6-7-20)16-3-2-4-17(21)13-16)26-10-8-25(9-11-26)14-18-5-12-27-24-18/h2-5,12-13H,6-11,14-15H2,1H3,(H,22,23). The Morgan fingerprint density at radius 3 is 2.70 bits per heavy atom. The molecule has 1 aliphatic carbocycles. The van der Waals surface area contributed by atoms with Crippen LogP contribution in [0.3, 0.4) is 0 Å². The lowest BCUT2D eigenvalue weighted by molar-refractivity contribution is 0.169. The van der Waals surface area contributed by atoms with Crippen LogP contribution in [-0.4, -0.2) is 60.7 Å². The van der Waals surface area contributed by atoms with Crippen molar-refractivity contribution in [3.63, 3.8) is 0 Å². The lowest BCUT2D eigenvalue weighted by Gasteiger charge is -2.36. The molecule has 0 amide bonds. The summed E-state index contributed by atoms with van der Waals surface area (Å²) < 4.78 is 18.5. The van der Waals surface area contributed by atoms with Gasteiger partial charge in [-0.1, -0.05) is 17.3 Å². The number of rotatable bonds is 5. The number of aliphatic imine (C=N–C) groups is 1. The normalized spacial score (nSPS) is 19.9. The molecule has 4 rings (SSSR count). The van der Waals surface area contributed by atoms with Crippen molar-refractivity contribution in [1.82, 2.24) is 20.3 Å². The van der Waals surface area contributed by atoms with Gasteiger partial charge in [-0.25, -0.2) is 4.39 Å². The molecule has 2 aromatic rings. The van der Waals surface area contributed by atoms with E-state index in [0.29, 0.717) is 0 Å². The number of aromatic nitrogens is 1. The largest absolute Gasteiger partial charge is 0.364 e. The molecule has 27 heavy (non-hydrogen) atoms. The van der Waals surface area contributed by atoms with Crippen LogP contribution in [0.4, 0.5) is 4.39 Å². The molecule has 1 N–H and O–H groups in total. The van der Waals surface area contributed by atoms with Crippen LogP contribution in [0.25, 0.3) is 0 Å². The average molecular weight is 371 g/mol. The first kappa shape index (κ1) is 18.0. The van der Waals surface area contributed by atoms with Crippen molar-refractivity contribution in [3.05, 3.63) is 53.7 Å². The first-order valence-electron chi connectivity index (χ1n) is 9.52. The Morgan fingerprint density at radius 1 is 1.26 bits per heavy atom. The molecule has 1 saturated heterocycles. The van der Waals surface area contributed by atoms with Gasteiger partial charge in [0.25, 0.3) is 0 Å². The van der Waals surface area contributed by atoms with Crippen molar-refractivity contribution < 1.29 is 8.91 Å². The fourth-order valence-electron chi connectivity index (χ4n) is 3.78. The highest BCUT2D eigenvalue weighted by Gasteiger charge is 2.44. The number of guanidine groups is 1. The molecule has 0 unspecified atom stereocenters. The van der Waals surface area contributed by atoms with E-state index in [4.69, 9.17) is 4.52 Å². The van der Waals surface area contributed by atoms with Crippen LogP contribution in [0.1, 0.15) is 24.1 Å². The Bertz CT molecular complexity index is 779. The van der Waals surface area contributed by atoms with E-state index in [9.17, 15) is 4.39 Å². The predicted molar refractivity (Wildman–Crippen MR) is 102 cm³/mol. The summed E-state index contributed by atoms with van der Waals surface area (Å²) in [6.45, 7) is 5.38. The summed E-state index contributed by atoms with van der Waals surface area (Å²) in [6, 6.07) is 8.91. The lowest BCUT2D eigenvalue weighted by Crippen LogP contribution is -2.53. The van der Waals surface area contributed by atoms with Crippen LogP contribution in [0, 0.1) is 5.82 Å². The molecule has 1 aliphatic heterocycles. The maximum atomic E-state index is 13.6. The number of benzene rings is 1. The van der Waals surface area contributed by atoms with E-state index >= 15 is 0 Å². The van der Waals surface area contributed by atoms with Crippen LogP contribution in [0.5, 0.6) is 0 Å². The van der Waals surface area contributed by atoms with E-state index in [2.05, 4.69) is 25.3 Å². The van der Waals surface area contributed by atoms with Gasteiger partial charge in [-0.05, 0) is 30.5 Å². The molecule has 0 bridgehead atoms. The van der Waals surface area contributed by atoms with E-state index in [1.165, 1.54) is 6.07 Å². The monoisotopic (exact) mass is 371 g/mol. The minimum Gasteiger partial charge on any atom is -0.364 e. The number of halogens is 1. The maximum absolute atomic E-state index is 13.6. The zero-order valence-electron chi connectivity index (χ0n) is 15.7. The molecule has 1 saturated carbocycles. The van der Waals surface area contributed by atoms with Gasteiger partial charge in [0.2, 0.25) is 0 Å². The molecule has 6 nitrogen and oxygen atoms in total. The molecule has 144 valence electrons. The van der Waals surface area contributed by atoms with Gasteiger partial charge >= 0.3 is 0 Å². The van der Waals surface area contributed by atoms with Crippen molar-refractivity contribution in [2.24, 2.45) is 4.99 Å². The molecule has 2 aliphatic rings. The van der Waals surface area contributed by atoms with Crippen LogP contribution in [0.15, 0.2) is 46.1 Å². The van der Waals surface area contributed by atoms with Gasteiger partial charge in [0.1, 0.15) is 12.1 Å². The van der Waals surface area contributed by atoms with Gasteiger partial charge in [0.15, 0.2) is 5.96 Å². The molecule has 1 aromatic heterocycles. The third-order valence-corrected chi connectivity index (χ3v) is 5.64. The first-order valence-corrected chi connectivity index (χ1v) is 9.52. The van der Waals surface area contributed by atoms with E-state index < -0.39 is 0 Å². The third kappa shape index (κ3) is 4.13. The minimum absolute atomic E-state index is 0.0484. The number of nitrogens with zero attached hydrogens (tertiary/aromatic N) is 4. The Kier molecular flexibility index (Phi) is 5.11. The van der Waals surface area contributed by atoms with E-state index in [1.54, 1.807) is 18.4 Å². The molecule has 0 radical (unpaired) electrons. The molecule has 7 heteroatoms. The molecule has 1 aromatic carbocycles. The maximum Gasteiger partial charge on any atom is 0.193 e. The van der Waals surface area contributed by atoms with Gasteiger partial charge in [-0.15, -0.1) is 0 Å². The summed E-state index contributed by atoms with van der Waals surface area (Å²) in [6.07, 6.45) is 3.79. The number of piperazine rings is 1. The van der Waals surface area contributed by atoms with Crippen LogP contribution in [0.2, 0.25) is 0 Å². The van der Waals surface area contributed by atoms with Gasteiger partial charge in [0.05, 0.1) is 5.69 Å². The lowest BCUT2D eigenvalue weighted by atomic mass is 9.96. The fourth-order valence-corrected chi connectivity index (χ4v) is 3.78. The smallest absolute Gasteiger partial charge is 0.193 e. The van der Waals surface area contributed by atoms with Gasteiger partial charge in [-0.2, -0.15) is 0 Å². The second-order valence-corrected chi connectivity index (χ2v) is 7.45. The Morgan fingerprint density at radius 2 is 2.07 bits per heavy atom. The van der Waals surface area contributed by atoms with E-state index in [1.807, 2.05) is 19.2 Å². The molecule has 0 spiro atoms. The molecule has 2 heterocycles. The summed E-state index contributed by atoms with van der Waals surface area (Å²) in [4.78, 5) is 9.13. The average Bonchev–Trinajstić information content (AvgIpc) is 3.31. The Hall–Kier alpha value is -2.41. The first-order chi connectivity index (χ1) is 13.2. The quantitative estimate of drug-likeness (QED) is 0.645. The second kappa shape index (κ2) is 7.68. The highest BCUT2D eigenvalue weighted by molar-refractivity contribution is 5.80. The van der Waals surface area contributed by atoms with Gasteiger partial charge in [-0.3, -0.25) is 9.89 Å². The topological polar surface area (TPSA) is 56.9 Å². The van der Waals surface area contributed by atoms with Crippen molar-refractivity contribution >= 4 is 5.96 Å². The molecular weight excluding hydrogens is 345 g/mol. The fraction of sp³-hybridized carbons (Fsp3) is 0.500. The zero-order chi connectivity index (χ0) is 18.7. The molecule has 2 fully saturated rings. The minimum atomic E-state index is -0.161. The van der Waals surface area contributed by atoms with Gasteiger partial charge in [0, 0.05) is 57.8 Å². The van der Waals surface area contributed by atoms with Crippen LogP contribution in [-0.2, 0) is 12.0 Å². The zero-order valence-corrected chi connectivity index (χ0v) is 15.7. The van der Waals surface area contributed by atoms with Crippen molar-refractivity contribution in [2.45, 2.75) is 24.8 Å². The van der Waals surface area contributed by atoms with Crippen molar-refractivity contribution in [1.29, 1.82) is 0 Å². The van der Waals surface area contributed by atoms with Crippen molar-refractivity contribution in [3.8, 4) is 0 Å². The number of nitrogens with one attached hydrogen (secondary N) is 1. The summed E-state index contributed by atoms with van der Waals surface area (Å²) in [5, 5.41) is 7.51. The van der Waals surface area contributed by atoms with Crippen LogP contribution >= 0.6 is 0 Å². The summed E-state index contributed by atoms with van der Waals surface area (Å²) in [7, 11) is 1.83. The third-order valence-electron chi connectivity index (χ3n) is 5.64. The SMILES string of the molecule is CN=C(NCC1(c2cccc(F)c2)CC1)N1CCN(Cc2ccon2)CC1. The van der Waals surface area contributed by atoms with E-state index in [-0.39, 0.29) is 11.2 Å². The van der Waals surface area contributed by atoms with Gasteiger partial charge < -0.3 is 14.7 Å². The number of hydrogen-bond acceptors (Lipinski definition) is 4. The highest BCUT2D eigenvalue weighted by atomic mass is 19.1.